The van der Waals surface area contributed by atoms with E-state index in [2.05, 4.69) is 15.4 Å². The van der Waals surface area contributed by atoms with Crippen LogP contribution in [0.25, 0.3) is 0 Å². The second kappa shape index (κ2) is 8.58. The van der Waals surface area contributed by atoms with Crippen LogP contribution in [0.5, 0.6) is 0 Å². The van der Waals surface area contributed by atoms with E-state index in [0.717, 1.165) is 23.2 Å². The number of aromatic nitrogens is 3. The number of pyridine rings is 1. The Morgan fingerprint density at radius 3 is 2.41 bits per heavy atom. The van der Waals surface area contributed by atoms with Crippen LogP contribution in [0.3, 0.4) is 0 Å². The third-order valence-electron chi connectivity index (χ3n) is 6.08. The van der Waals surface area contributed by atoms with Crippen molar-refractivity contribution >= 4 is 21.4 Å². The van der Waals surface area contributed by atoms with Gasteiger partial charge >= 0.3 is 6.18 Å². The number of nitrogens with zero attached hydrogens (tertiary/aromatic N) is 3. The van der Waals surface area contributed by atoms with Crippen LogP contribution in [0.2, 0.25) is 0 Å². The van der Waals surface area contributed by atoms with E-state index < -0.39 is 45.0 Å². The van der Waals surface area contributed by atoms with Crippen molar-refractivity contribution in [3.8, 4) is 0 Å². The summed E-state index contributed by atoms with van der Waals surface area (Å²) in [7, 11) is -3.71. The summed E-state index contributed by atoms with van der Waals surface area (Å²) in [6, 6.07) is 2.30. The van der Waals surface area contributed by atoms with Gasteiger partial charge in [0, 0.05) is 43.4 Å². The number of hydrogen-bond acceptors (Lipinski definition) is 5. The van der Waals surface area contributed by atoms with Gasteiger partial charge < -0.3 is 5.32 Å². The van der Waals surface area contributed by atoms with Gasteiger partial charge in [-0.25, -0.2) is 22.2 Å². The van der Waals surface area contributed by atoms with Crippen LogP contribution < -0.4 is 5.32 Å². The lowest BCUT2D eigenvalue weighted by Gasteiger charge is -2.28. The number of carbonyl (C=O) groups is 1. The molecule has 7 nitrogen and oxygen atoms in total. The standard InChI is InChI=1S/C21H23F5N4O3S/c1-34(32,33)15-10-14(6-9-27-15)28-19(31)18-16(21(24,25)26)17(13-2-3-13)29-30(18)11-12-4-7-20(22,23)8-5-12/h6,9-10,12-13H,2-5,7-8,11H2,1H3,(H,27,28,31). The number of rotatable bonds is 6. The van der Waals surface area contributed by atoms with E-state index in [9.17, 15) is 35.2 Å². The first-order chi connectivity index (χ1) is 15.7. The van der Waals surface area contributed by atoms with Crippen molar-refractivity contribution in [3.63, 3.8) is 0 Å². The maximum atomic E-state index is 14.1. The fourth-order valence-corrected chi connectivity index (χ4v) is 4.77. The summed E-state index contributed by atoms with van der Waals surface area (Å²) in [4.78, 5) is 16.8. The molecule has 2 aliphatic carbocycles. The van der Waals surface area contributed by atoms with Gasteiger partial charge in [-0.15, -0.1) is 0 Å². The molecule has 1 N–H and O–H groups in total. The highest BCUT2D eigenvalue weighted by atomic mass is 32.2. The van der Waals surface area contributed by atoms with Crippen molar-refractivity contribution in [1.82, 2.24) is 14.8 Å². The number of halogens is 5. The predicted octanol–water partition coefficient (Wildman–Crippen LogP) is 4.66. The first-order valence-corrected chi connectivity index (χ1v) is 12.7. The largest absolute Gasteiger partial charge is 0.420 e. The first kappa shape index (κ1) is 24.6. The smallest absolute Gasteiger partial charge is 0.320 e. The van der Waals surface area contributed by atoms with Crippen LogP contribution in [-0.2, 0) is 22.6 Å². The third-order valence-corrected chi connectivity index (χ3v) is 7.07. The lowest BCUT2D eigenvalue weighted by atomic mass is 9.87. The van der Waals surface area contributed by atoms with Crippen LogP contribution >= 0.6 is 0 Å². The van der Waals surface area contributed by atoms with Crippen LogP contribution in [0.4, 0.5) is 27.6 Å². The third kappa shape index (κ3) is 5.39. The molecule has 2 heterocycles. The van der Waals surface area contributed by atoms with E-state index in [1.54, 1.807) is 0 Å². The Bertz CT molecular complexity index is 1200. The van der Waals surface area contributed by atoms with Gasteiger partial charge in [-0.2, -0.15) is 18.3 Å². The minimum Gasteiger partial charge on any atom is -0.320 e. The average Bonchev–Trinajstić information content (AvgIpc) is 3.49. The van der Waals surface area contributed by atoms with Gasteiger partial charge in [0.05, 0.1) is 5.69 Å². The van der Waals surface area contributed by atoms with Gasteiger partial charge in [0.15, 0.2) is 14.9 Å². The number of amides is 1. The van der Waals surface area contributed by atoms with Crippen molar-refractivity contribution in [1.29, 1.82) is 0 Å². The normalized spacial score (nSPS) is 19.2. The quantitative estimate of drug-likeness (QED) is 0.576. The summed E-state index contributed by atoms with van der Waals surface area (Å²) in [6.07, 6.45) is -2.33. The summed E-state index contributed by atoms with van der Waals surface area (Å²) >= 11 is 0. The first-order valence-electron chi connectivity index (χ1n) is 10.8. The van der Waals surface area contributed by atoms with Gasteiger partial charge in [0.2, 0.25) is 5.92 Å². The minimum absolute atomic E-state index is 0.0495. The lowest BCUT2D eigenvalue weighted by molar-refractivity contribution is -0.138. The highest BCUT2D eigenvalue weighted by molar-refractivity contribution is 7.90. The van der Waals surface area contributed by atoms with E-state index in [1.165, 1.54) is 6.07 Å². The molecule has 2 aromatic rings. The monoisotopic (exact) mass is 506 g/mol. The molecule has 2 saturated carbocycles. The minimum atomic E-state index is -4.86. The Morgan fingerprint density at radius 2 is 1.85 bits per heavy atom. The van der Waals surface area contributed by atoms with Crippen molar-refractivity contribution in [2.75, 3.05) is 11.6 Å². The van der Waals surface area contributed by atoms with Crippen LogP contribution in [0.1, 0.15) is 66.2 Å². The van der Waals surface area contributed by atoms with E-state index in [1.807, 2.05) is 0 Å². The summed E-state index contributed by atoms with van der Waals surface area (Å²) in [6.45, 7) is -0.0977. The molecule has 2 aromatic heterocycles. The molecule has 0 radical (unpaired) electrons. The lowest BCUT2D eigenvalue weighted by Crippen LogP contribution is -2.29. The van der Waals surface area contributed by atoms with Gasteiger partial charge in [-0.1, -0.05) is 0 Å². The highest BCUT2D eigenvalue weighted by Gasteiger charge is 2.46. The van der Waals surface area contributed by atoms with Crippen LogP contribution in [0.15, 0.2) is 23.4 Å². The molecule has 34 heavy (non-hydrogen) atoms. The maximum Gasteiger partial charge on any atom is 0.420 e. The Balaban J connectivity index is 1.70. The van der Waals surface area contributed by atoms with E-state index in [4.69, 9.17) is 0 Å². The maximum absolute atomic E-state index is 14.1. The van der Waals surface area contributed by atoms with Gasteiger partial charge in [-0.05, 0) is 43.7 Å². The molecule has 186 valence electrons. The number of alkyl halides is 5. The predicted molar refractivity (Wildman–Crippen MR) is 111 cm³/mol. The molecule has 0 bridgehead atoms. The summed E-state index contributed by atoms with van der Waals surface area (Å²) < 4.78 is 93.8. The van der Waals surface area contributed by atoms with E-state index in [-0.39, 0.29) is 54.6 Å². The van der Waals surface area contributed by atoms with Gasteiger partial charge in [0.25, 0.3) is 5.91 Å². The SMILES string of the molecule is CS(=O)(=O)c1cc(NC(=O)c2c(C(F)(F)F)c(C3CC3)nn2CC2CCC(F)(F)CC2)ccn1. The number of carbonyl (C=O) groups excluding carboxylic acids is 1. The second-order valence-electron chi connectivity index (χ2n) is 8.97. The molecule has 13 heteroatoms. The molecule has 0 unspecified atom stereocenters. The second-order valence-corrected chi connectivity index (χ2v) is 10.9. The molecular formula is C21H23F5N4O3S. The Hall–Kier alpha value is -2.57. The van der Waals surface area contributed by atoms with Crippen molar-refractivity contribution in [3.05, 3.63) is 35.3 Å². The van der Waals surface area contributed by atoms with Crippen LogP contribution in [0, 0.1) is 5.92 Å². The molecule has 0 spiro atoms. The fourth-order valence-electron chi connectivity index (χ4n) is 4.17. The fraction of sp³-hybridized carbons (Fsp3) is 0.571. The molecule has 2 aliphatic rings. The summed E-state index contributed by atoms with van der Waals surface area (Å²) in [5.74, 6) is -4.68. The zero-order valence-corrected chi connectivity index (χ0v) is 19.0. The highest BCUT2D eigenvalue weighted by Crippen LogP contribution is 2.47. The number of anilines is 1. The zero-order valence-electron chi connectivity index (χ0n) is 18.2. The van der Waals surface area contributed by atoms with E-state index >= 15 is 0 Å². The van der Waals surface area contributed by atoms with Crippen molar-refractivity contribution < 1.29 is 35.2 Å². The molecule has 1 amide bonds. The molecular weight excluding hydrogens is 483 g/mol. The number of nitrogens with one attached hydrogen (secondary N) is 1. The van der Waals surface area contributed by atoms with Crippen molar-refractivity contribution in [2.24, 2.45) is 5.92 Å². The van der Waals surface area contributed by atoms with E-state index in [0.29, 0.717) is 12.8 Å². The Labute approximate surface area is 192 Å². The van der Waals surface area contributed by atoms with Crippen LogP contribution in [-0.4, -0.2) is 41.3 Å². The van der Waals surface area contributed by atoms with Gasteiger partial charge in [0.1, 0.15) is 11.3 Å². The Kier molecular flexibility index (Phi) is 6.19. The topological polar surface area (TPSA) is 94.0 Å². The zero-order chi connectivity index (χ0) is 24.9. The molecule has 0 atom stereocenters. The molecule has 4 rings (SSSR count). The van der Waals surface area contributed by atoms with Gasteiger partial charge in [-0.3, -0.25) is 9.48 Å². The summed E-state index contributed by atoms with van der Waals surface area (Å²) in [5, 5.41) is 6.10. The Morgan fingerprint density at radius 1 is 1.21 bits per heavy atom. The number of hydrogen-bond donors (Lipinski definition) is 1. The summed E-state index contributed by atoms with van der Waals surface area (Å²) in [5.41, 5.74) is -2.10. The molecule has 0 aromatic carbocycles. The average molecular weight is 506 g/mol. The molecule has 0 aliphatic heterocycles. The number of sulfone groups is 1. The molecule has 0 saturated heterocycles. The molecule has 2 fully saturated rings. The van der Waals surface area contributed by atoms with Crippen molar-refractivity contribution in [2.45, 2.75) is 68.1 Å².